The van der Waals surface area contributed by atoms with Gasteiger partial charge in [0.2, 0.25) is 5.91 Å². The highest BCUT2D eigenvalue weighted by atomic mass is 19.1. The van der Waals surface area contributed by atoms with Crippen LogP contribution in [0.3, 0.4) is 0 Å². The van der Waals surface area contributed by atoms with Gasteiger partial charge in [-0.25, -0.2) is 4.39 Å². The average Bonchev–Trinajstić information content (AvgIpc) is 3.25. The number of carbonyl (C=O) groups excluding carboxylic acids is 3. The van der Waals surface area contributed by atoms with Crippen molar-refractivity contribution in [3.05, 3.63) is 64.5 Å². The van der Waals surface area contributed by atoms with E-state index in [0.29, 0.717) is 35.7 Å². The number of aldehydes is 1. The normalized spacial score (nSPS) is 16.8. The number of likely N-dealkylation sites (N-methyl/N-ethyl adjacent to an activating group) is 1. The van der Waals surface area contributed by atoms with Crippen LogP contribution < -0.4 is 10.1 Å². The highest BCUT2D eigenvalue weighted by molar-refractivity contribution is 6.39. The molecular formula is C26H32B2FN3O5. The van der Waals surface area contributed by atoms with Gasteiger partial charge in [-0.15, -0.1) is 0 Å². The molecule has 0 aromatic heterocycles. The molecule has 1 N–H and O–H groups in total. The number of rotatable bonds is 10. The first-order valence-corrected chi connectivity index (χ1v) is 12.6. The Morgan fingerprint density at radius 2 is 2.03 bits per heavy atom. The Morgan fingerprint density at radius 1 is 1.27 bits per heavy atom. The van der Waals surface area contributed by atoms with Crippen molar-refractivity contribution < 1.29 is 28.2 Å². The van der Waals surface area contributed by atoms with Gasteiger partial charge in [0.1, 0.15) is 46.2 Å². The minimum absolute atomic E-state index is 0.00123. The summed E-state index contributed by atoms with van der Waals surface area (Å²) in [4.78, 5) is 40.2. The molecule has 2 aromatic carbocycles. The van der Waals surface area contributed by atoms with Crippen molar-refractivity contribution in [2.45, 2.75) is 37.4 Å². The molecule has 1 saturated heterocycles. The van der Waals surface area contributed by atoms with Gasteiger partial charge in [-0.2, -0.15) is 0 Å². The van der Waals surface area contributed by atoms with Crippen LogP contribution in [0.1, 0.15) is 39.9 Å². The van der Waals surface area contributed by atoms with Crippen molar-refractivity contribution >= 4 is 33.8 Å². The third kappa shape index (κ3) is 5.57. The average molecular weight is 507 g/mol. The van der Waals surface area contributed by atoms with Crippen LogP contribution in [0, 0.1) is 5.82 Å². The first-order chi connectivity index (χ1) is 17.8. The maximum absolute atomic E-state index is 15.1. The van der Waals surface area contributed by atoms with E-state index in [2.05, 4.69) is 25.9 Å². The molecule has 2 aliphatic rings. The van der Waals surface area contributed by atoms with Crippen molar-refractivity contribution in [2.24, 2.45) is 0 Å². The highest BCUT2D eigenvalue weighted by Gasteiger charge is 2.37. The molecule has 2 aromatic rings. The number of morpholine rings is 1. The summed E-state index contributed by atoms with van der Waals surface area (Å²) in [5, 5.41) is 2.24. The fourth-order valence-corrected chi connectivity index (χ4v) is 5.04. The number of ether oxygens (including phenoxy) is 2. The van der Waals surface area contributed by atoms with E-state index >= 15 is 4.39 Å². The molecule has 2 heterocycles. The molecule has 37 heavy (non-hydrogen) atoms. The number of hydrogen-bond donors (Lipinski definition) is 1. The molecule has 0 bridgehead atoms. The largest absolute Gasteiger partial charge is 0.488 e. The Labute approximate surface area is 218 Å². The molecule has 2 aliphatic heterocycles. The number of hydrogen-bond acceptors (Lipinski definition) is 6. The number of carbonyl (C=O) groups is 3. The summed E-state index contributed by atoms with van der Waals surface area (Å²) in [5.74, 6) is -0.498. The second-order valence-electron chi connectivity index (χ2n) is 9.84. The van der Waals surface area contributed by atoms with Crippen LogP contribution in [0.4, 0.5) is 4.39 Å². The smallest absolute Gasteiger partial charge is 0.255 e. The van der Waals surface area contributed by atoms with Gasteiger partial charge in [0, 0.05) is 43.2 Å². The molecule has 1 unspecified atom stereocenters. The first kappa shape index (κ1) is 26.9. The maximum Gasteiger partial charge on any atom is 0.255 e. The molecule has 0 saturated carbocycles. The summed E-state index contributed by atoms with van der Waals surface area (Å²) in [6.07, 6.45) is 1.14. The predicted octanol–water partition coefficient (Wildman–Crippen LogP) is 0.163. The molecule has 1 fully saturated rings. The lowest BCUT2D eigenvalue weighted by molar-refractivity contribution is -0.125. The number of fused-ring (bicyclic) bond motifs is 1. The number of nitrogens with zero attached hydrogens (tertiary/aromatic N) is 2. The van der Waals surface area contributed by atoms with Crippen molar-refractivity contribution in [2.75, 3.05) is 33.4 Å². The minimum atomic E-state index is -0.761. The Morgan fingerprint density at radius 3 is 2.70 bits per heavy atom. The van der Waals surface area contributed by atoms with Gasteiger partial charge < -0.3 is 29.4 Å². The van der Waals surface area contributed by atoms with Crippen LogP contribution >= 0.6 is 0 Å². The summed E-state index contributed by atoms with van der Waals surface area (Å²) < 4.78 is 26.6. The van der Waals surface area contributed by atoms with E-state index in [1.165, 1.54) is 11.9 Å². The van der Waals surface area contributed by atoms with Crippen molar-refractivity contribution in [3.63, 3.8) is 0 Å². The topological polar surface area (TPSA) is 88.2 Å². The summed E-state index contributed by atoms with van der Waals surface area (Å²) >= 11 is 0. The van der Waals surface area contributed by atoms with E-state index in [-0.39, 0.29) is 49.0 Å². The lowest BCUT2D eigenvalue weighted by Crippen LogP contribution is -2.52. The number of amides is 2. The Balaban J connectivity index is 1.49. The van der Waals surface area contributed by atoms with Gasteiger partial charge in [-0.3, -0.25) is 9.59 Å². The lowest BCUT2D eigenvalue weighted by Gasteiger charge is -2.41. The van der Waals surface area contributed by atoms with E-state index in [0.717, 1.165) is 24.9 Å². The third-order valence-corrected chi connectivity index (χ3v) is 7.38. The van der Waals surface area contributed by atoms with Crippen molar-refractivity contribution in [1.82, 2.24) is 15.1 Å². The van der Waals surface area contributed by atoms with Crippen LogP contribution in [0.5, 0.6) is 5.75 Å². The van der Waals surface area contributed by atoms with E-state index in [9.17, 15) is 14.4 Å². The molecule has 8 nitrogen and oxygen atoms in total. The number of nitrogens with one attached hydrogen (secondary N) is 1. The monoisotopic (exact) mass is 507 g/mol. The zero-order valence-corrected chi connectivity index (χ0v) is 21.6. The molecule has 4 rings (SSSR count). The Bertz CT molecular complexity index is 1170. The predicted molar refractivity (Wildman–Crippen MR) is 141 cm³/mol. The van der Waals surface area contributed by atoms with Crippen LogP contribution in [0.15, 0.2) is 36.4 Å². The van der Waals surface area contributed by atoms with Gasteiger partial charge >= 0.3 is 0 Å². The highest BCUT2D eigenvalue weighted by Crippen LogP contribution is 2.34. The standard InChI is InChI=1S/C26H32B2FN3O5/c1-30-24(34)22(5-3-11-33)32-15-20-19(25(32)35)4-2-6-23(20)37-16-17-7-8-18(14-21(17)29)26(27,28)31-9-12-36-13-10-31/h2,4,6-8,11,14,22H,3,5,9-10,12-13,15-16,27-28H2,1H3,(H,30,34). The van der Waals surface area contributed by atoms with Gasteiger partial charge in [-0.05, 0) is 35.5 Å². The molecule has 0 radical (unpaired) electrons. The van der Waals surface area contributed by atoms with Crippen molar-refractivity contribution in [1.29, 1.82) is 0 Å². The summed E-state index contributed by atoms with van der Waals surface area (Å²) in [6.45, 7) is 3.10. The van der Waals surface area contributed by atoms with Gasteiger partial charge in [-0.1, -0.05) is 18.2 Å². The molecule has 11 heteroatoms. The SMILES string of the molecule is BC(B)(c1ccc(COc2cccc3c2CN(C(CCC=O)C(=O)NC)C3=O)c(F)c1)N1CCOCC1. The summed E-state index contributed by atoms with van der Waals surface area (Å²) in [7, 11) is 5.67. The number of halogens is 1. The molecule has 2 amide bonds. The van der Waals surface area contributed by atoms with E-state index in [1.807, 2.05) is 6.07 Å². The Kier molecular flexibility index (Phi) is 8.34. The third-order valence-electron chi connectivity index (χ3n) is 7.38. The maximum atomic E-state index is 15.1. The van der Waals surface area contributed by atoms with Gasteiger partial charge in [0.15, 0.2) is 0 Å². The minimum Gasteiger partial charge on any atom is -0.488 e. The first-order valence-electron chi connectivity index (χ1n) is 12.6. The molecule has 0 spiro atoms. The summed E-state index contributed by atoms with van der Waals surface area (Å²) in [6, 6.07) is 9.62. The van der Waals surface area contributed by atoms with Gasteiger partial charge in [0.05, 0.1) is 19.8 Å². The van der Waals surface area contributed by atoms with E-state index in [1.54, 1.807) is 30.3 Å². The van der Waals surface area contributed by atoms with Crippen molar-refractivity contribution in [3.8, 4) is 5.75 Å². The van der Waals surface area contributed by atoms with Gasteiger partial charge in [0.25, 0.3) is 5.91 Å². The molecule has 194 valence electrons. The molecule has 1 atom stereocenters. The zero-order valence-electron chi connectivity index (χ0n) is 21.6. The second-order valence-corrected chi connectivity index (χ2v) is 9.84. The quantitative estimate of drug-likeness (QED) is 0.365. The van der Waals surface area contributed by atoms with Crippen LogP contribution in [0.25, 0.3) is 0 Å². The fourth-order valence-electron chi connectivity index (χ4n) is 5.04. The molecular weight excluding hydrogens is 475 g/mol. The Hall–Kier alpha value is -3.17. The van der Waals surface area contributed by atoms with Crippen LogP contribution in [0.2, 0.25) is 0 Å². The van der Waals surface area contributed by atoms with E-state index in [4.69, 9.17) is 9.47 Å². The fraction of sp³-hybridized carbons (Fsp3) is 0.423. The zero-order chi connectivity index (χ0) is 26.6. The van der Waals surface area contributed by atoms with Crippen LogP contribution in [-0.2, 0) is 32.8 Å². The lowest BCUT2D eigenvalue weighted by atomic mass is 9.56. The second kappa shape index (κ2) is 11.5. The summed E-state index contributed by atoms with van der Waals surface area (Å²) in [5.41, 5.74) is 2.39. The number of benzene rings is 2. The van der Waals surface area contributed by atoms with E-state index < -0.39 is 6.04 Å². The molecule has 0 aliphatic carbocycles. The van der Waals surface area contributed by atoms with Crippen LogP contribution in [-0.4, -0.2) is 83.0 Å².